The molecular formula is C19H34N2. The standard InChI is InChI=1S/C19H34N2/c1-14(12-18(4,5)20)15-8-10-16(11-9-15)17(2,3)13-19(6,7)21/h8-11,14H,12-13,20-21H2,1-7H3. The van der Waals surface area contributed by atoms with Gasteiger partial charge in [0.25, 0.3) is 0 Å². The lowest BCUT2D eigenvalue weighted by Crippen LogP contribution is -2.39. The fourth-order valence-electron chi connectivity index (χ4n) is 3.41. The van der Waals surface area contributed by atoms with Crippen LogP contribution in [0, 0.1) is 0 Å². The lowest BCUT2D eigenvalue weighted by molar-refractivity contribution is 0.350. The highest BCUT2D eigenvalue weighted by atomic mass is 14.7. The molecule has 1 atom stereocenters. The molecule has 0 saturated heterocycles. The summed E-state index contributed by atoms with van der Waals surface area (Å²) in [6.07, 6.45) is 1.95. The van der Waals surface area contributed by atoms with Gasteiger partial charge in [-0.3, -0.25) is 0 Å². The van der Waals surface area contributed by atoms with E-state index in [9.17, 15) is 0 Å². The maximum Gasteiger partial charge on any atom is 0.0105 e. The quantitative estimate of drug-likeness (QED) is 0.819. The van der Waals surface area contributed by atoms with Gasteiger partial charge in [-0.15, -0.1) is 0 Å². The Morgan fingerprint density at radius 1 is 0.857 bits per heavy atom. The van der Waals surface area contributed by atoms with Crippen LogP contribution < -0.4 is 11.5 Å². The van der Waals surface area contributed by atoms with Crippen LogP contribution in [-0.4, -0.2) is 11.1 Å². The van der Waals surface area contributed by atoms with Gasteiger partial charge in [-0.2, -0.15) is 0 Å². The number of nitrogens with two attached hydrogens (primary N) is 2. The molecule has 0 aliphatic rings. The van der Waals surface area contributed by atoms with Crippen molar-refractivity contribution in [3.63, 3.8) is 0 Å². The monoisotopic (exact) mass is 290 g/mol. The van der Waals surface area contributed by atoms with Crippen LogP contribution in [0.4, 0.5) is 0 Å². The van der Waals surface area contributed by atoms with Crippen LogP contribution in [0.3, 0.4) is 0 Å². The molecule has 0 bridgehead atoms. The van der Waals surface area contributed by atoms with Crippen LogP contribution in [0.5, 0.6) is 0 Å². The van der Waals surface area contributed by atoms with Gasteiger partial charge in [0.2, 0.25) is 0 Å². The van der Waals surface area contributed by atoms with E-state index in [0.29, 0.717) is 5.92 Å². The molecule has 0 radical (unpaired) electrons. The largest absolute Gasteiger partial charge is 0.326 e. The Morgan fingerprint density at radius 2 is 1.33 bits per heavy atom. The fourth-order valence-corrected chi connectivity index (χ4v) is 3.41. The SMILES string of the molecule is CC(CC(C)(C)N)c1ccc(C(C)(C)CC(C)(C)N)cc1. The van der Waals surface area contributed by atoms with Crippen molar-refractivity contribution in [2.45, 2.75) is 83.7 Å². The van der Waals surface area contributed by atoms with Crippen molar-refractivity contribution >= 4 is 0 Å². The summed E-state index contributed by atoms with van der Waals surface area (Å²) in [7, 11) is 0. The molecule has 0 saturated carbocycles. The van der Waals surface area contributed by atoms with Crippen molar-refractivity contribution in [1.82, 2.24) is 0 Å². The Morgan fingerprint density at radius 3 is 1.71 bits per heavy atom. The highest BCUT2D eigenvalue weighted by Crippen LogP contribution is 2.33. The van der Waals surface area contributed by atoms with E-state index < -0.39 is 0 Å². The van der Waals surface area contributed by atoms with Crippen molar-refractivity contribution in [2.24, 2.45) is 11.5 Å². The second-order valence-electron chi connectivity index (χ2n) is 8.77. The Kier molecular flexibility index (Phi) is 5.28. The Labute approximate surface area is 131 Å². The van der Waals surface area contributed by atoms with Gasteiger partial charge in [-0.25, -0.2) is 0 Å². The van der Waals surface area contributed by atoms with Crippen LogP contribution in [0.1, 0.15) is 78.4 Å². The molecule has 2 nitrogen and oxygen atoms in total. The van der Waals surface area contributed by atoms with Crippen molar-refractivity contribution < 1.29 is 0 Å². The van der Waals surface area contributed by atoms with Gasteiger partial charge in [0, 0.05) is 11.1 Å². The van der Waals surface area contributed by atoms with Gasteiger partial charge in [0.05, 0.1) is 0 Å². The maximum absolute atomic E-state index is 6.19. The van der Waals surface area contributed by atoms with Crippen LogP contribution >= 0.6 is 0 Å². The Bertz CT molecular complexity index is 444. The van der Waals surface area contributed by atoms with Gasteiger partial charge in [-0.1, -0.05) is 45.0 Å². The fraction of sp³-hybridized carbons (Fsp3) is 0.684. The van der Waals surface area contributed by atoms with E-state index in [4.69, 9.17) is 11.5 Å². The second kappa shape index (κ2) is 6.10. The summed E-state index contributed by atoms with van der Waals surface area (Å²) in [4.78, 5) is 0. The van der Waals surface area contributed by atoms with Crippen molar-refractivity contribution in [2.75, 3.05) is 0 Å². The molecule has 0 aliphatic heterocycles. The molecule has 0 aromatic heterocycles. The first kappa shape index (κ1) is 18.2. The molecule has 0 fully saturated rings. The normalized spacial score (nSPS) is 15.1. The van der Waals surface area contributed by atoms with E-state index in [2.05, 4.69) is 72.7 Å². The van der Waals surface area contributed by atoms with Crippen LogP contribution in [0.15, 0.2) is 24.3 Å². The summed E-state index contributed by atoms with van der Waals surface area (Å²) in [5, 5.41) is 0. The smallest absolute Gasteiger partial charge is 0.0105 e. The average Bonchev–Trinajstić information content (AvgIpc) is 2.23. The summed E-state index contributed by atoms with van der Waals surface area (Å²) in [5.41, 5.74) is 14.8. The van der Waals surface area contributed by atoms with Gasteiger partial charge in [-0.05, 0) is 63.0 Å². The van der Waals surface area contributed by atoms with Crippen LogP contribution in [0.2, 0.25) is 0 Å². The zero-order valence-corrected chi connectivity index (χ0v) is 15.0. The average molecular weight is 290 g/mol. The first-order chi connectivity index (χ1) is 9.30. The van der Waals surface area contributed by atoms with E-state index in [1.807, 2.05) is 0 Å². The number of hydrogen-bond acceptors (Lipinski definition) is 2. The number of rotatable bonds is 6. The van der Waals surface area contributed by atoms with E-state index in [1.54, 1.807) is 0 Å². The molecule has 1 aromatic carbocycles. The van der Waals surface area contributed by atoms with E-state index in [1.165, 1.54) is 11.1 Å². The molecule has 2 heteroatoms. The molecule has 0 amide bonds. The molecule has 120 valence electrons. The predicted molar refractivity (Wildman–Crippen MR) is 93.6 cm³/mol. The number of benzene rings is 1. The van der Waals surface area contributed by atoms with Gasteiger partial charge in [0.1, 0.15) is 0 Å². The Hall–Kier alpha value is -0.860. The third kappa shape index (κ3) is 6.19. The maximum atomic E-state index is 6.19. The minimum atomic E-state index is -0.154. The molecule has 0 spiro atoms. The molecule has 1 rings (SSSR count). The zero-order valence-electron chi connectivity index (χ0n) is 15.0. The highest BCUT2D eigenvalue weighted by Gasteiger charge is 2.27. The van der Waals surface area contributed by atoms with Gasteiger partial charge < -0.3 is 11.5 Å². The van der Waals surface area contributed by atoms with E-state index >= 15 is 0 Å². The summed E-state index contributed by atoms with van der Waals surface area (Å²) < 4.78 is 0. The highest BCUT2D eigenvalue weighted by molar-refractivity contribution is 5.30. The summed E-state index contributed by atoms with van der Waals surface area (Å²) >= 11 is 0. The van der Waals surface area contributed by atoms with Gasteiger partial charge in [0.15, 0.2) is 0 Å². The minimum Gasteiger partial charge on any atom is -0.326 e. The molecular weight excluding hydrogens is 256 g/mol. The Balaban J connectivity index is 2.87. The summed E-state index contributed by atoms with van der Waals surface area (Å²) in [5.74, 6) is 0.480. The topological polar surface area (TPSA) is 52.0 Å². The second-order valence-corrected chi connectivity index (χ2v) is 8.77. The van der Waals surface area contributed by atoms with E-state index in [-0.39, 0.29) is 16.5 Å². The molecule has 1 unspecified atom stereocenters. The van der Waals surface area contributed by atoms with Crippen molar-refractivity contribution in [3.05, 3.63) is 35.4 Å². The summed E-state index contributed by atoms with van der Waals surface area (Å²) in [6.45, 7) is 15.1. The molecule has 1 aromatic rings. The van der Waals surface area contributed by atoms with Crippen LogP contribution in [0.25, 0.3) is 0 Å². The van der Waals surface area contributed by atoms with E-state index in [0.717, 1.165) is 12.8 Å². The number of hydrogen-bond donors (Lipinski definition) is 2. The zero-order chi connectivity index (χ0) is 16.5. The van der Waals surface area contributed by atoms with Crippen LogP contribution in [-0.2, 0) is 5.41 Å². The predicted octanol–water partition coefficient (Wildman–Crippen LogP) is 4.32. The lowest BCUT2D eigenvalue weighted by atomic mass is 9.75. The molecule has 4 N–H and O–H groups in total. The van der Waals surface area contributed by atoms with Crippen molar-refractivity contribution in [3.8, 4) is 0 Å². The first-order valence-electron chi connectivity index (χ1n) is 7.98. The molecule has 0 aliphatic carbocycles. The molecule has 21 heavy (non-hydrogen) atoms. The molecule has 0 heterocycles. The minimum absolute atomic E-state index is 0.0904. The first-order valence-corrected chi connectivity index (χ1v) is 7.98. The third-order valence-corrected chi connectivity index (χ3v) is 3.99. The summed E-state index contributed by atoms with van der Waals surface area (Å²) in [6, 6.07) is 9.00. The van der Waals surface area contributed by atoms with Crippen molar-refractivity contribution in [1.29, 1.82) is 0 Å². The third-order valence-electron chi connectivity index (χ3n) is 3.99. The lowest BCUT2D eigenvalue weighted by Gasteiger charge is -2.33. The van der Waals surface area contributed by atoms with Gasteiger partial charge >= 0.3 is 0 Å².